The van der Waals surface area contributed by atoms with E-state index in [2.05, 4.69) is 19.9 Å². The zero-order valence-corrected chi connectivity index (χ0v) is 14.4. The van der Waals surface area contributed by atoms with Crippen molar-refractivity contribution in [2.24, 2.45) is 28.6 Å². The Labute approximate surface area is 134 Å². The van der Waals surface area contributed by atoms with Crippen LogP contribution >= 0.6 is 0 Å². The second-order valence-corrected chi connectivity index (χ2v) is 8.78. The summed E-state index contributed by atoms with van der Waals surface area (Å²) in [5, 5.41) is 0. The van der Waals surface area contributed by atoms with Crippen LogP contribution in [0.15, 0.2) is 11.6 Å². The van der Waals surface area contributed by atoms with E-state index in [1.807, 2.05) is 7.11 Å². The first-order valence-corrected chi connectivity index (χ1v) is 9.24. The molecule has 0 aliphatic heterocycles. The van der Waals surface area contributed by atoms with Crippen LogP contribution in [0, 0.1) is 28.6 Å². The van der Waals surface area contributed by atoms with E-state index >= 15 is 0 Å². The van der Waals surface area contributed by atoms with Gasteiger partial charge in [0.2, 0.25) is 0 Å². The average Bonchev–Trinajstić information content (AvgIpc) is 2.82. The van der Waals surface area contributed by atoms with Crippen LogP contribution < -0.4 is 0 Å². The lowest BCUT2D eigenvalue weighted by atomic mass is 9.48. The summed E-state index contributed by atoms with van der Waals surface area (Å²) < 4.78 is 5.64. The number of ether oxygens (including phenoxy) is 1. The number of hydrogen-bond donors (Lipinski definition) is 0. The SMILES string of the molecule is CO[C@@H]1CC[C@@]2(C)C(=CC[C@@H]3[C@@H]2CC[C@]2(C)C(=O)CC[C@@H]32)C1. The van der Waals surface area contributed by atoms with Crippen LogP contribution in [0.1, 0.15) is 65.2 Å². The third-order valence-corrected chi connectivity index (χ3v) is 8.10. The zero-order chi connectivity index (χ0) is 15.5. The minimum absolute atomic E-state index is 0.00655. The Balaban J connectivity index is 1.66. The minimum atomic E-state index is 0.00655. The molecule has 2 nitrogen and oxygen atoms in total. The lowest BCUT2D eigenvalue weighted by molar-refractivity contribution is -0.132. The van der Waals surface area contributed by atoms with E-state index < -0.39 is 0 Å². The molecule has 4 rings (SSSR count). The maximum Gasteiger partial charge on any atom is 0.139 e. The lowest BCUT2D eigenvalue weighted by Crippen LogP contribution is -2.50. The Hall–Kier alpha value is -0.630. The molecular formula is C20H30O2. The van der Waals surface area contributed by atoms with Crippen LogP contribution in [0.5, 0.6) is 0 Å². The van der Waals surface area contributed by atoms with Crippen LogP contribution in [0.3, 0.4) is 0 Å². The van der Waals surface area contributed by atoms with Gasteiger partial charge in [-0.1, -0.05) is 25.5 Å². The zero-order valence-electron chi connectivity index (χ0n) is 14.4. The van der Waals surface area contributed by atoms with Crippen LogP contribution in [-0.2, 0) is 9.53 Å². The van der Waals surface area contributed by atoms with Crippen LogP contribution in [0.25, 0.3) is 0 Å². The molecule has 0 unspecified atom stereocenters. The quantitative estimate of drug-likeness (QED) is 0.665. The van der Waals surface area contributed by atoms with E-state index in [4.69, 9.17) is 4.74 Å². The first-order chi connectivity index (χ1) is 10.5. The minimum Gasteiger partial charge on any atom is -0.381 e. The first-order valence-electron chi connectivity index (χ1n) is 9.24. The van der Waals surface area contributed by atoms with Gasteiger partial charge in [0.15, 0.2) is 0 Å². The van der Waals surface area contributed by atoms with Gasteiger partial charge in [0.05, 0.1) is 6.10 Å². The fourth-order valence-corrected chi connectivity index (χ4v) is 6.60. The van der Waals surface area contributed by atoms with Gasteiger partial charge in [0.25, 0.3) is 0 Å². The van der Waals surface area contributed by atoms with Gasteiger partial charge in [-0.3, -0.25) is 4.79 Å². The summed E-state index contributed by atoms with van der Waals surface area (Å²) >= 11 is 0. The van der Waals surface area contributed by atoms with E-state index in [1.165, 1.54) is 25.7 Å². The van der Waals surface area contributed by atoms with Crippen molar-refractivity contribution in [3.05, 3.63) is 11.6 Å². The molecule has 4 aliphatic carbocycles. The monoisotopic (exact) mass is 302 g/mol. The van der Waals surface area contributed by atoms with Gasteiger partial charge in [-0.05, 0) is 68.1 Å². The maximum absolute atomic E-state index is 12.4. The number of rotatable bonds is 1. The standard InChI is InChI=1S/C20H30O2/c1-19-10-8-14(22-3)12-13(19)4-5-15-16-6-7-18(21)20(16,2)11-9-17(15)19/h4,14-17H,5-12H2,1-3H3/t14-,15+,16+,17+,19+,20+/m1/s1. The Morgan fingerprint density at radius 2 is 1.82 bits per heavy atom. The highest BCUT2D eigenvalue weighted by atomic mass is 16.5. The number of fused-ring (bicyclic) bond motifs is 5. The van der Waals surface area contributed by atoms with Crippen LogP contribution in [-0.4, -0.2) is 19.0 Å². The van der Waals surface area contributed by atoms with Crippen molar-refractivity contribution < 1.29 is 9.53 Å². The predicted molar refractivity (Wildman–Crippen MR) is 87.5 cm³/mol. The number of ketones is 1. The topological polar surface area (TPSA) is 26.3 Å². The molecule has 0 saturated heterocycles. The van der Waals surface area contributed by atoms with Gasteiger partial charge < -0.3 is 4.74 Å². The van der Waals surface area contributed by atoms with Gasteiger partial charge in [-0.25, -0.2) is 0 Å². The largest absolute Gasteiger partial charge is 0.381 e. The van der Waals surface area contributed by atoms with Crippen molar-refractivity contribution >= 4 is 5.78 Å². The van der Waals surface area contributed by atoms with Crippen molar-refractivity contribution in [1.29, 1.82) is 0 Å². The molecule has 0 heterocycles. The number of Topliss-reactive ketones (excluding diaryl/α,β-unsaturated/α-hetero) is 1. The van der Waals surface area contributed by atoms with Gasteiger partial charge in [0, 0.05) is 18.9 Å². The number of allylic oxidation sites excluding steroid dienone is 1. The Morgan fingerprint density at radius 1 is 1.09 bits per heavy atom. The summed E-state index contributed by atoms with van der Waals surface area (Å²) in [6.45, 7) is 4.79. The summed E-state index contributed by atoms with van der Waals surface area (Å²) in [6, 6.07) is 0. The summed E-state index contributed by atoms with van der Waals surface area (Å²) in [4.78, 5) is 12.4. The molecule has 0 spiro atoms. The molecule has 6 atom stereocenters. The Kier molecular flexibility index (Phi) is 3.35. The summed E-state index contributed by atoms with van der Waals surface area (Å²) in [7, 11) is 1.86. The van der Waals surface area contributed by atoms with Crippen LogP contribution in [0.2, 0.25) is 0 Å². The van der Waals surface area contributed by atoms with E-state index in [0.29, 0.717) is 23.2 Å². The molecular weight excluding hydrogens is 272 g/mol. The van der Waals surface area contributed by atoms with Gasteiger partial charge in [-0.15, -0.1) is 0 Å². The molecule has 0 bridgehead atoms. The van der Waals surface area contributed by atoms with E-state index in [9.17, 15) is 4.79 Å². The molecule has 2 heteroatoms. The van der Waals surface area contributed by atoms with E-state index in [1.54, 1.807) is 5.57 Å². The highest BCUT2D eigenvalue weighted by Crippen LogP contribution is 2.64. The van der Waals surface area contributed by atoms with Crippen molar-refractivity contribution in [3.8, 4) is 0 Å². The van der Waals surface area contributed by atoms with Gasteiger partial charge in [0.1, 0.15) is 5.78 Å². The average molecular weight is 302 g/mol. The molecule has 22 heavy (non-hydrogen) atoms. The molecule has 0 aromatic rings. The number of carbonyl (C=O) groups is 1. The molecule has 0 amide bonds. The summed E-state index contributed by atoms with van der Waals surface area (Å²) in [5.41, 5.74) is 2.05. The summed E-state index contributed by atoms with van der Waals surface area (Å²) in [6.07, 6.45) is 12.2. The second-order valence-electron chi connectivity index (χ2n) is 8.78. The van der Waals surface area contributed by atoms with E-state index in [-0.39, 0.29) is 5.41 Å². The molecule has 122 valence electrons. The van der Waals surface area contributed by atoms with Gasteiger partial charge >= 0.3 is 0 Å². The van der Waals surface area contributed by atoms with Crippen molar-refractivity contribution in [2.45, 2.75) is 71.3 Å². The molecule has 3 saturated carbocycles. The van der Waals surface area contributed by atoms with E-state index in [0.717, 1.165) is 37.5 Å². The normalized spacial score (nSPS) is 50.9. The number of hydrogen-bond acceptors (Lipinski definition) is 2. The number of carbonyl (C=O) groups excluding carboxylic acids is 1. The highest BCUT2D eigenvalue weighted by Gasteiger charge is 2.58. The Bertz CT molecular complexity index is 522. The molecule has 3 fully saturated rings. The van der Waals surface area contributed by atoms with Crippen LogP contribution in [0.4, 0.5) is 0 Å². The molecule has 0 N–H and O–H groups in total. The third-order valence-electron chi connectivity index (χ3n) is 8.10. The third kappa shape index (κ3) is 1.85. The fourth-order valence-electron chi connectivity index (χ4n) is 6.60. The first kappa shape index (κ1) is 14.9. The predicted octanol–water partition coefficient (Wildman–Crippen LogP) is 4.53. The van der Waals surface area contributed by atoms with Crippen molar-refractivity contribution in [3.63, 3.8) is 0 Å². The molecule has 4 aliphatic rings. The Morgan fingerprint density at radius 3 is 2.59 bits per heavy atom. The van der Waals surface area contributed by atoms with Crippen molar-refractivity contribution in [2.75, 3.05) is 7.11 Å². The lowest BCUT2D eigenvalue weighted by Gasteiger charge is -2.57. The second kappa shape index (κ2) is 4.93. The fraction of sp³-hybridized carbons (Fsp3) is 0.850. The molecule has 0 aromatic heterocycles. The maximum atomic E-state index is 12.4. The number of methoxy groups -OCH3 is 1. The molecule has 0 aromatic carbocycles. The summed E-state index contributed by atoms with van der Waals surface area (Å²) in [5.74, 6) is 2.75. The smallest absolute Gasteiger partial charge is 0.139 e. The molecule has 0 radical (unpaired) electrons. The highest BCUT2D eigenvalue weighted by molar-refractivity contribution is 5.87. The van der Waals surface area contributed by atoms with Gasteiger partial charge in [-0.2, -0.15) is 0 Å². The van der Waals surface area contributed by atoms with Crippen molar-refractivity contribution in [1.82, 2.24) is 0 Å².